The molecule has 3 rings (SSSR count). The predicted octanol–water partition coefficient (Wildman–Crippen LogP) is 3.65. The lowest BCUT2D eigenvalue weighted by Crippen LogP contribution is -2.35. The average molecular weight is 356 g/mol. The maximum atomic E-state index is 13.1. The smallest absolute Gasteiger partial charge is 0.268 e. The summed E-state index contributed by atoms with van der Waals surface area (Å²) in [5.74, 6) is 0.999. The van der Waals surface area contributed by atoms with E-state index in [2.05, 4.69) is 0 Å². The Balaban J connectivity index is 2.14. The number of thioether (sulfide) groups is 1. The molecule has 0 unspecified atom stereocenters. The molecule has 0 saturated carbocycles. The molecular weight excluding hydrogens is 342 g/mol. The summed E-state index contributed by atoms with van der Waals surface area (Å²) in [6, 6.07) is 12.1. The van der Waals surface area contributed by atoms with Crippen LogP contribution < -0.4 is 9.04 Å². The van der Waals surface area contributed by atoms with Gasteiger partial charge in [-0.2, -0.15) is 0 Å². The number of halogens is 1. The maximum Gasteiger partial charge on any atom is 0.268 e. The molecule has 2 aromatic rings. The van der Waals surface area contributed by atoms with Crippen molar-refractivity contribution in [3.05, 3.63) is 47.5 Å². The molecule has 0 bridgehead atoms. The van der Waals surface area contributed by atoms with Gasteiger partial charge < -0.3 is 4.74 Å². The Morgan fingerprint density at radius 1 is 1.23 bits per heavy atom. The molecule has 0 amide bonds. The first kappa shape index (κ1) is 15.5. The molecule has 0 saturated heterocycles. The van der Waals surface area contributed by atoms with Crippen molar-refractivity contribution in [1.29, 1.82) is 0 Å². The van der Waals surface area contributed by atoms with E-state index in [4.69, 9.17) is 16.3 Å². The summed E-state index contributed by atoms with van der Waals surface area (Å²) in [7, 11) is -2.28. The third-order valence-electron chi connectivity index (χ3n) is 3.38. The van der Waals surface area contributed by atoms with E-state index in [1.165, 1.54) is 17.5 Å². The van der Waals surface area contributed by atoms with Crippen LogP contribution in [0.3, 0.4) is 0 Å². The molecule has 4 nitrogen and oxygen atoms in total. The van der Waals surface area contributed by atoms with E-state index in [1.54, 1.807) is 23.9 Å². The van der Waals surface area contributed by atoms with Gasteiger partial charge in [0.1, 0.15) is 10.6 Å². The van der Waals surface area contributed by atoms with Crippen molar-refractivity contribution in [3.8, 4) is 5.75 Å². The lowest BCUT2D eigenvalue weighted by Gasteiger charge is -2.30. The monoisotopic (exact) mass is 355 g/mol. The Kier molecular flexibility index (Phi) is 4.25. The number of methoxy groups -OCH3 is 1. The van der Waals surface area contributed by atoms with Crippen LogP contribution in [0.2, 0.25) is 5.02 Å². The van der Waals surface area contributed by atoms with Crippen molar-refractivity contribution in [1.82, 2.24) is 0 Å². The molecule has 1 aliphatic rings. The van der Waals surface area contributed by atoms with Crippen molar-refractivity contribution < 1.29 is 13.2 Å². The zero-order valence-corrected chi connectivity index (χ0v) is 14.2. The van der Waals surface area contributed by atoms with E-state index in [1.807, 2.05) is 24.3 Å². The minimum Gasteiger partial charge on any atom is -0.495 e. The van der Waals surface area contributed by atoms with Gasteiger partial charge in [-0.25, -0.2) is 8.42 Å². The highest BCUT2D eigenvalue weighted by atomic mass is 35.5. The highest BCUT2D eigenvalue weighted by Gasteiger charge is 2.31. The fraction of sp³-hybridized carbons (Fsp3) is 0.200. The summed E-state index contributed by atoms with van der Waals surface area (Å²) in [4.78, 5) is 1.04. The first-order valence-corrected chi connectivity index (χ1v) is 9.42. The largest absolute Gasteiger partial charge is 0.495 e. The van der Waals surface area contributed by atoms with Crippen molar-refractivity contribution in [3.63, 3.8) is 0 Å². The highest BCUT2D eigenvalue weighted by Crippen LogP contribution is 2.39. The number of hydrogen-bond acceptors (Lipinski definition) is 4. The van der Waals surface area contributed by atoms with Gasteiger partial charge in [-0.15, -0.1) is 11.8 Å². The molecule has 116 valence electrons. The number of fused-ring (bicyclic) bond motifs is 1. The van der Waals surface area contributed by atoms with Gasteiger partial charge in [0.25, 0.3) is 10.0 Å². The highest BCUT2D eigenvalue weighted by molar-refractivity contribution is 8.00. The predicted molar refractivity (Wildman–Crippen MR) is 89.7 cm³/mol. The summed E-state index contributed by atoms with van der Waals surface area (Å²) in [6.07, 6.45) is 0. The minimum absolute atomic E-state index is 0.0872. The van der Waals surface area contributed by atoms with Crippen LogP contribution in [-0.4, -0.2) is 27.8 Å². The maximum absolute atomic E-state index is 13.1. The second-order valence-electron chi connectivity index (χ2n) is 4.69. The molecule has 0 spiro atoms. The van der Waals surface area contributed by atoms with Crippen molar-refractivity contribution in [2.45, 2.75) is 9.79 Å². The van der Waals surface area contributed by atoms with Gasteiger partial charge >= 0.3 is 0 Å². The molecule has 0 aliphatic carbocycles. The number of hydrogen-bond donors (Lipinski definition) is 0. The minimum atomic E-state index is -3.73. The van der Waals surface area contributed by atoms with Gasteiger partial charge in [0.15, 0.2) is 0 Å². The fourth-order valence-electron chi connectivity index (χ4n) is 2.36. The molecule has 2 aromatic carbocycles. The van der Waals surface area contributed by atoms with E-state index in [9.17, 15) is 8.42 Å². The fourth-order valence-corrected chi connectivity index (χ4v) is 5.44. The van der Waals surface area contributed by atoms with Crippen LogP contribution in [0.25, 0.3) is 0 Å². The number of ether oxygens (including phenoxy) is 1. The van der Waals surface area contributed by atoms with Crippen molar-refractivity contribution in [2.75, 3.05) is 23.7 Å². The molecule has 0 fully saturated rings. The zero-order valence-electron chi connectivity index (χ0n) is 11.8. The van der Waals surface area contributed by atoms with Crippen molar-refractivity contribution >= 4 is 39.1 Å². The lowest BCUT2D eigenvalue weighted by molar-refractivity contribution is 0.402. The molecule has 22 heavy (non-hydrogen) atoms. The average Bonchev–Trinajstić information content (AvgIpc) is 2.54. The molecular formula is C15H14ClNO3S2. The van der Waals surface area contributed by atoms with Crippen LogP contribution >= 0.6 is 23.4 Å². The first-order valence-electron chi connectivity index (χ1n) is 6.62. The SMILES string of the molecule is COc1ccc(Cl)cc1S(=O)(=O)N1CCSc2ccccc21. The van der Waals surface area contributed by atoms with E-state index in [0.29, 0.717) is 28.8 Å². The van der Waals surface area contributed by atoms with Gasteiger partial charge in [0, 0.05) is 22.2 Å². The zero-order chi connectivity index (χ0) is 15.7. The van der Waals surface area contributed by atoms with E-state index in [0.717, 1.165) is 4.90 Å². The molecule has 0 aromatic heterocycles. The van der Waals surface area contributed by atoms with Gasteiger partial charge in [0.2, 0.25) is 0 Å². The van der Waals surface area contributed by atoms with Crippen LogP contribution in [0.4, 0.5) is 5.69 Å². The first-order chi connectivity index (χ1) is 10.5. The van der Waals surface area contributed by atoms with Crippen LogP contribution in [0.15, 0.2) is 52.3 Å². The lowest BCUT2D eigenvalue weighted by atomic mass is 10.3. The number of sulfonamides is 1. The normalized spacial score (nSPS) is 14.5. The Bertz CT molecular complexity index is 808. The third kappa shape index (κ3) is 2.66. The van der Waals surface area contributed by atoms with Crippen LogP contribution in [0, 0.1) is 0 Å². The van der Waals surface area contributed by atoms with Gasteiger partial charge in [-0.05, 0) is 30.3 Å². The van der Waals surface area contributed by atoms with Gasteiger partial charge in [-0.1, -0.05) is 23.7 Å². The summed E-state index contributed by atoms with van der Waals surface area (Å²) in [5, 5.41) is 0.360. The number of para-hydroxylation sites is 1. The van der Waals surface area contributed by atoms with E-state index in [-0.39, 0.29) is 4.90 Å². The second-order valence-corrected chi connectivity index (χ2v) is 8.09. The molecule has 0 radical (unpaired) electrons. The second kappa shape index (κ2) is 6.02. The Morgan fingerprint density at radius 2 is 2.00 bits per heavy atom. The topological polar surface area (TPSA) is 46.6 Å². The summed E-state index contributed by atoms with van der Waals surface area (Å²) in [6.45, 7) is 0.416. The van der Waals surface area contributed by atoms with E-state index >= 15 is 0 Å². The Labute approximate surface area is 139 Å². The third-order valence-corrected chi connectivity index (χ3v) is 6.49. The number of benzene rings is 2. The molecule has 7 heteroatoms. The van der Waals surface area contributed by atoms with Gasteiger partial charge in [0.05, 0.1) is 12.8 Å². The Hall–Kier alpha value is -1.37. The van der Waals surface area contributed by atoms with Crippen LogP contribution in [0.5, 0.6) is 5.75 Å². The molecule has 0 N–H and O–H groups in total. The number of anilines is 1. The van der Waals surface area contributed by atoms with Crippen LogP contribution in [0.1, 0.15) is 0 Å². The van der Waals surface area contributed by atoms with Gasteiger partial charge in [-0.3, -0.25) is 4.31 Å². The molecule has 1 heterocycles. The quantitative estimate of drug-likeness (QED) is 0.843. The summed E-state index contributed by atoms with van der Waals surface area (Å²) in [5.41, 5.74) is 0.695. The van der Waals surface area contributed by atoms with E-state index < -0.39 is 10.0 Å². The summed E-state index contributed by atoms with van der Waals surface area (Å²) >= 11 is 7.63. The van der Waals surface area contributed by atoms with Crippen molar-refractivity contribution in [2.24, 2.45) is 0 Å². The summed E-state index contributed by atoms with van der Waals surface area (Å²) < 4.78 is 32.7. The standard InChI is InChI=1S/C15H14ClNO3S2/c1-20-13-7-6-11(16)10-15(13)22(18,19)17-8-9-21-14-5-3-2-4-12(14)17/h2-7,10H,8-9H2,1H3. The Morgan fingerprint density at radius 3 is 2.77 bits per heavy atom. The number of nitrogens with zero attached hydrogens (tertiary/aromatic N) is 1. The molecule has 1 aliphatic heterocycles. The van der Waals surface area contributed by atoms with Crippen LogP contribution in [-0.2, 0) is 10.0 Å². The number of rotatable bonds is 3. The molecule has 0 atom stereocenters.